The molecule has 0 spiro atoms. The first-order valence-electron chi connectivity index (χ1n) is 9.69. The fourth-order valence-electron chi connectivity index (χ4n) is 3.50. The zero-order chi connectivity index (χ0) is 23.9. The number of nitrogens with one attached hydrogen (secondary N) is 1. The van der Waals surface area contributed by atoms with E-state index in [9.17, 15) is 32.3 Å². The zero-order valence-corrected chi connectivity index (χ0v) is 17.0. The number of rotatable bonds is 5. The first kappa shape index (κ1) is 22.2. The van der Waals surface area contributed by atoms with Crippen LogP contribution in [0.4, 0.5) is 13.2 Å². The van der Waals surface area contributed by atoms with Crippen LogP contribution in [0.5, 0.6) is 0 Å². The van der Waals surface area contributed by atoms with Crippen LogP contribution >= 0.6 is 0 Å². The Kier molecular flexibility index (Phi) is 5.47. The van der Waals surface area contributed by atoms with Gasteiger partial charge in [-0.3, -0.25) is 29.4 Å². The lowest BCUT2D eigenvalue weighted by Crippen LogP contribution is -2.54. The minimum absolute atomic E-state index is 0.00729. The number of carbonyl (C=O) groups is 4. The van der Waals surface area contributed by atoms with Gasteiger partial charge in [0.25, 0.3) is 11.8 Å². The minimum atomic E-state index is -4.47. The molecule has 1 saturated heterocycles. The third kappa shape index (κ3) is 4.33. The number of aromatic nitrogens is 2. The summed E-state index contributed by atoms with van der Waals surface area (Å²) in [7, 11) is 1.49. The van der Waals surface area contributed by atoms with E-state index in [1.165, 1.54) is 24.1 Å². The van der Waals surface area contributed by atoms with Crippen molar-refractivity contribution in [1.82, 2.24) is 25.3 Å². The number of imide groups is 2. The molecule has 13 heteroatoms. The van der Waals surface area contributed by atoms with Crippen molar-refractivity contribution in [3.05, 3.63) is 47.5 Å². The summed E-state index contributed by atoms with van der Waals surface area (Å²) >= 11 is 0. The summed E-state index contributed by atoms with van der Waals surface area (Å²) in [6, 6.07) is 3.13. The second kappa shape index (κ2) is 8.15. The van der Waals surface area contributed by atoms with Gasteiger partial charge in [0.1, 0.15) is 11.7 Å². The molecule has 0 bridgehead atoms. The lowest BCUT2D eigenvalue weighted by molar-refractivity contribution is -0.150. The summed E-state index contributed by atoms with van der Waals surface area (Å²) in [5, 5.41) is 5.84. The monoisotopic (exact) mass is 463 g/mol. The average Bonchev–Trinajstić information content (AvgIpc) is 3.32. The molecule has 4 amide bonds. The number of carbonyl (C=O) groups excluding carboxylic acids is 4. The molecule has 1 fully saturated rings. The Bertz CT molecular complexity index is 1170. The third-order valence-electron chi connectivity index (χ3n) is 5.18. The van der Waals surface area contributed by atoms with E-state index in [1.807, 2.05) is 0 Å². The summed E-state index contributed by atoms with van der Waals surface area (Å²) in [5.74, 6) is -2.48. The molecule has 172 valence electrons. The summed E-state index contributed by atoms with van der Waals surface area (Å²) in [6.07, 6.45) is -3.36. The van der Waals surface area contributed by atoms with Crippen molar-refractivity contribution in [2.75, 3.05) is 7.05 Å². The second-order valence-corrected chi connectivity index (χ2v) is 7.45. The number of halogens is 3. The van der Waals surface area contributed by atoms with Gasteiger partial charge in [0.05, 0.1) is 12.1 Å². The Morgan fingerprint density at radius 3 is 2.52 bits per heavy atom. The Balaban J connectivity index is 1.44. The van der Waals surface area contributed by atoms with Crippen molar-refractivity contribution < 1.29 is 36.9 Å². The Hall–Kier alpha value is -4.03. The van der Waals surface area contributed by atoms with Crippen molar-refractivity contribution in [3.63, 3.8) is 0 Å². The highest BCUT2D eigenvalue weighted by atomic mass is 19.4. The number of amides is 4. The van der Waals surface area contributed by atoms with Crippen LogP contribution in [0.1, 0.15) is 24.3 Å². The van der Waals surface area contributed by atoms with Crippen LogP contribution in [-0.2, 0) is 31.9 Å². The molecule has 1 N–H and O–H groups in total. The summed E-state index contributed by atoms with van der Waals surface area (Å²) in [5.41, 5.74) is -0.526. The largest absolute Gasteiger partial charge is 0.416 e. The second-order valence-electron chi connectivity index (χ2n) is 7.45. The van der Waals surface area contributed by atoms with Gasteiger partial charge in [-0.2, -0.15) is 18.2 Å². The fourth-order valence-corrected chi connectivity index (χ4v) is 3.50. The van der Waals surface area contributed by atoms with Gasteiger partial charge in [-0.25, -0.2) is 0 Å². The quantitative estimate of drug-likeness (QED) is 0.657. The number of benzene rings is 1. The molecule has 0 saturated carbocycles. The van der Waals surface area contributed by atoms with E-state index in [0.717, 1.165) is 23.1 Å². The molecular weight excluding hydrogens is 447 g/mol. The number of likely N-dealkylation sites (N-methyl/N-ethyl adjacent to an activating group) is 1. The first-order valence-corrected chi connectivity index (χ1v) is 9.69. The normalized spacial score (nSPS) is 19.1. The molecule has 2 aromatic rings. The van der Waals surface area contributed by atoms with Crippen LogP contribution in [0.25, 0.3) is 11.4 Å². The summed E-state index contributed by atoms with van der Waals surface area (Å²) in [4.78, 5) is 54.8. The van der Waals surface area contributed by atoms with Crippen LogP contribution in [-0.4, -0.2) is 56.7 Å². The maximum atomic E-state index is 12.8. The van der Waals surface area contributed by atoms with Crippen molar-refractivity contribution >= 4 is 23.6 Å². The van der Waals surface area contributed by atoms with Gasteiger partial charge in [0, 0.05) is 25.1 Å². The van der Waals surface area contributed by atoms with E-state index < -0.39 is 41.4 Å². The van der Waals surface area contributed by atoms with Gasteiger partial charge in [-0.15, -0.1) is 0 Å². The van der Waals surface area contributed by atoms with E-state index in [1.54, 1.807) is 0 Å². The van der Waals surface area contributed by atoms with E-state index >= 15 is 0 Å². The maximum Gasteiger partial charge on any atom is 0.416 e. The highest BCUT2D eigenvalue weighted by molar-refractivity contribution is 6.18. The van der Waals surface area contributed by atoms with Gasteiger partial charge >= 0.3 is 6.18 Å². The Labute approximate surface area is 184 Å². The highest BCUT2D eigenvalue weighted by Crippen LogP contribution is 2.30. The van der Waals surface area contributed by atoms with Crippen LogP contribution in [0.2, 0.25) is 0 Å². The molecule has 3 heterocycles. The van der Waals surface area contributed by atoms with Crippen molar-refractivity contribution in [1.29, 1.82) is 0 Å². The van der Waals surface area contributed by atoms with E-state index in [-0.39, 0.29) is 36.8 Å². The molecular formula is C20H16F3N5O5. The molecule has 2 aliphatic heterocycles. The Morgan fingerprint density at radius 1 is 1.18 bits per heavy atom. The molecule has 33 heavy (non-hydrogen) atoms. The van der Waals surface area contributed by atoms with Gasteiger partial charge in [-0.05, 0) is 18.6 Å². The molecule has 1 aromatic carbocycles. The van der Waals surface area contributed by atoms with Gasteiger partial charge in [0.15, 0.2) is 0 Å². The standard InChI is InChI=1S/C20H16F3N5O5/c1-27(13-8-16(30)28(19(13)32)12-6-7-14(29)24-18(12)31)9-15-25-17(26-33-15)10-2-4-11(5-3-10)20(21,22)23/h2-5,8,12H,6-7,9H2,1H3,(H,24,29,31). The first-order chi connectivity index (χ1) is 15.5. The number of hydrogen-bond acceptors (Lipinski definition) is 8. The van der Waals surface area contributed by atoms with E-state index in [2.05, 4.69) is 15.5 Å². The summed E-state index contributed by atoms with van der Waals surface area (Å²) in [6.45, 7) is -0.0817. The molecule has 1 atom stereocenters. The van der Waals surface area contributed by atoms with E-state index in [0.29, 0.717) is 5.56 Å². The number of piperidine rings is 1. The van der Waals surface area contributed by atoms with Gasteiger partial charge < -0.3 is 9.42 Å². The Morgan fingerprint density at radius 2 is 1.88 bits per heavy atom. The topological polar surface area (TPSA) is 126 Å². The smallest absolute Gasteiger partial charge is 0.361 e. The summed E-state index contributed by atoms with van der Waals surface area (Å²) < 4.78 is 43.2. The van der Waals surface area contributed by atoms with Crippen LogP contribution in [0, 0.1) is 0 Å². The van der Waals surface area contributed by atoms with E-state index in [4.69, 9.17) is 4.52 Å². The molecule has 10 nitrogen and oxygen atoms in total. The predicted molar refractivity (Wildman–Crippen MR) is 102 cm³/mol. The average molecular weight is 463 g/mol. The number of alkyl halides is 3. The maximum absolute atomic E-state index is 12.8. The van der Waals surface area contributed by atoms with Crippen molar-refractivity contribution in [2.45, 2.75) is 31.6 Å². The minimum Gasteiger partial charge on any atom is -0.361 e. The molecule has 1 unspecified atom stereocenters. The third-order valence-corrected chi connectivity index (χ3v) is 5.18. The van der Waals surface area contributed by atoms with Gasteiger partial charge in [-0.1, -0.05) is 17.3 Å². The zero-order valence-electron chi connectivity index (χ0n) is 17.0. The van der Waals surface area contributed by atoms with Crippen LogP contribution in [0.15, 0.2) is 40.6 Å². The van der Waals surface area contributed by atoms with Gasteiger partial charge in [0.2, 0.25) is 23.5 Å². The fraction of sp³-hybridized carbons (Fsp3) is 0.300. The SMILES string of the molecule is CN(Cc1nc(-c2ccc(C(F)(F)F)cc2)no1)C1=CC(=O)N(C2CCC(=O)NC2=O)C1=O. The number of hydrogen-bond donors (Lipinski definition) is 1. The van der Waals surface area contributed by atoms with Crippen LogP contribution < -0.4 is 5.32 Å². The molecule has 2 aliphatic rings. The van der Waals surface area contributed by atoms with Crippen molar-refractivity contribution in [3.8, 4) is 11.4 Å². The molecule has 4 rings (SSSR count). The van der Waals surface area contributed by atoms with Crippen LogP contribution in [0.3, 0.4) is 0 Å². The molecule has 0 radical (unpaired) electrons. The number of nitrogens with zero attached hydrogens (tertiary/aromatic N) is 4. The highest BCUT2D eigenvalue weighted by Gasteiger charge is 2.43. The molecule has 0 aliphatic carbocycles. The predicted octanol–water partition coefficient (Wildman–Crippen LogP) is 1.25. The lowest BCUT2D eigenvalue weighted by Gasteiger charge is -2.29. The molecule has 1 aromatic heterocycles. The van der Waals surface area contributed by atoms with Crippen molar-refractivity contribution in [2.24, 2.45) is 0 Å². The lowest BCUT2D eigenvalue weighted by atomic mass is 10.0.